The van der Waals surface area contributed by atoms with E-state index in [4.69, 9.17) is 0 Å². The summed E-state index contributed by atoms with van der Waals surface area (Å²) in [6, 6.07) is 0. The fourth-order valence-electron chi connectivity index (χ4n) is 4.86. The summed E-state index contributed by atoms with van der Waals surface area (Å²) in [5.74, 6) is -0.716. The molecule has 2 rings (SSSR count). The molecule has 0 nitrogen and oxygen atoms in total. The van der Waals surface area contributed by atoms with Gasteiger partial charge in [-0.3, -0.25) is 0 Å². The van der Waals surface area contributed by atoms with E-state index in [1.54, 1.807) is 11.1 Å². The van der Waals surface area contributed by atoms with E-state index in [2.05, 4.69) is 106 Å². The number of rotatable bonds is 5. The molecule has 185 valence electrons. The summed E-state index contributed by atoms with van der Waals surface area (Å²) < 4.78 is 4.08. The van der Waals surface area contributed by atoms with Gasteiger partial charge in [0, 0.05) is 0 Å². The third kappa shape index (κ3) is 7.53. The first-order chi connectivity index (χ1) is 13.2. The Bertz CT molecular complexity index is 755. The Kier molecular flexibility index (Phi) is 11.4. The zero-order chi connectivity index (χ0) is 23.4. The van der Waals surface area contributed by atoms with Gasteiger partial charge in [-0.25, -0.2) is 0 Å². The van der Waals surface area contributed by atoms with Gasteiger partial charge >= 0.3 is 201 Å². The van der Waals surface area contributed by atoms with Gasteiger partial charge in [-0.15, -0.1) is 24.8 Å². The van der Waals surface area contributed by atoms with Crippen molar-refractivity contribution in [3.05, 3.63) is 40.3 Å². The fraction of sp³-hybridized carbons (Fsp3) is 0.692. The average Bonchev–Trinajstić information content (AvgIpc) is 3.09. The van der Waals surface area contributed by atoms with E-state index < -0.39 is 43.0 Å². The van der Waals surface area contributed by atoms with Crippen molar-refractivity contribution in [3.63, 3.8) is 0 Å². The van der Waals surface area contributed by atoms with Crippen molar-refractivity contribution in [3.8, 4) is 0 Å². The predicted molar refractivity (Wildman–Crippen MR) is 158 cm³/mol. The molecule has 0 aromatic rings. The van der Waals surface area contributed by atoms with Crippen molar-refractivity contribution in [2.75, 3.05) is 0 Å². The van der Waals surface area contributed by atoms with Crippen LogP contribution < -0.4 is 0 Å². The number of allylic oxidation sites excluding steroid dienone is 8. The second-order valence-electron chi connectivity index (χ2n) is 14.0. The van der Waals surface area contributed by atoms with Crippen LogP contribution in [0.5, 0.6) is 0 Å². The Balaban J connectivity index is 0.00000480. The molecular weight excluding hydrogens is 559 g/mol. The maximum atomic E-state index is 2.71. The van der Waals surface area contributed by atoms with E-state index in [9.17, 15) is 0 Å². The maximum absolute atomic E-state index is 2.71. The molecule has 0 saturated carbocycles. The molecule has 0 aliphatic heterocycles. The van der Waals surface area contributed by atoms with Gasteiger partial charge in [-0.2, -0.15) is 0 Å². The quantitative estimate of drug-likeness (QED) is 0.272. The van der Waals surface area contributed by atoms with E-state index in [1.165, 1.54) is 12.8 Å². The van der Waals surface area contributed by atoms with E-state index in [0.29, 0.717) is 10.8 Å². The van der Waals surface area contributed by atoms with Crippen LogP contribution in [0.15, 0.2) is 40.3 Å². The monoisotopic (exact) mass is 607 g/mol. The molecule has 0 bridgehead atoms. The third-order valence-electron chi connectivity index (χ3n) is 6.79. The normalized spacial score (nSPS) is 18.0. The van der Waals surface area contributed by atoms with Gasteiger partial charge in [0.1, 0.15) is 0 Å². The average molecular weight is 610 g/mol. The Morgan fingerprint density at radius 1 is 0.656 bits per heavy atom. The van der Waals surface area contributed by atoms with E-state index >= 15 is 0 Å². The van der Waals surface area contributed by atoms with E-state index in [0.717, 1.165) is 0 Å². The maximum Gasteiger partial charge on any atom is -0.147 e. The Hall–Kier alpha value is 1.07. The van der Waals surface area contributed by atoms with Crippen LogP contribution in [0.1, 0.15) is 54.4 Å². The summed E-state index contributed by atoms with van der Waals surface area (Å²) in [6.07, 6.45) is 8.05. The standard InChI is InChI=1S/2C12H21Si.C2H7Si.2ClH.Zr/c2*1-12(2,3)10-7-8-11(9-10)13(4,5)6;1-3-2;;;/h2*9H,7H2,1-6H3;3H,1-2H3;2*1H;. The number of halogens is 2. The second kappa shape index (κ2) is 11.0. The molecule has 0 fully saturated rings. The molecule has 0 spiro atoms. The molecule has 0 atom stereocenters. The van der Waals surface area contributed by atoms with Crippen LogP contribution in [0.2, 0.25) is 52.4 Å². The molecular formula is C26H51Cl2Si3Zr. The van der Waals surface area contributed by atoms with Crippen molar-refractivity contribution in [1.82, 2.24) is 0 Å². The summed E-state index contributed by atoms with van der Waals surface area (Å²) in [5.41, 5.74) is 4.06. The van der Waals surface area contributed by atoms with Gasteiger partial charge in [0.05, 0.1) is 0 Å². The Labute approximate surface area is 224 Å². The van der Waals surface area contributed by atoms with Crippen molar-refractivity contribution < 1.29 is 20.9 Å². The van der Waals surface area contributed by atoms with Crippen molar-refractivity contribution in [2.24, 2.45) is 10.8 Å². The summed E-state index contributed by atoms with van der Waals surface area (Å²) in [4.78, 5) is 0. The van der Waals surface area contributed by atoms with Crippen LogP contribution in [0.3, 0.4) is 0 Å². The van der Waals surface area contributed by atoms with Crippen LogP contribution in [0.25, 0.3) is 0 Å². The smallest absolute Gasteiger partial charge is 0.147 e. The van der Waals surface area contributed by atoms with Gasteiger partial charge in [0.25, 0.3) is 0 Å². The molecule has 0 aromatic carbocycles. The van der Waals surface area contributed by atoms with E-state index in [1.807, 2.05) is 17.0 Å². The molecule has 0 amide bonds. The minimum absolute atomic E-state index is 0. The summed E-state index contributed by atoms with van der Waals surface area (Å²) in [7, 11) is -2.69. The predicted octanol–water partition coefficient (Wildman–Crippen LogP) is 9.45. The van der Waals surface area contributed by atoms with Crippen LogP contribution in [0, 0.1) is 10.8 Å². The largest absolute Gasteiger partial charge is 0.147 e. The summed E-state index contributed by atoms with van der Waals surface area (Å²) in [6.45, 7) is 35.5. The first-order valence-electron chi connectivity index (χ1n) is 12.0. The minimum Gasteiger partial charge on any atom is -0.147 e. The SMILES string of the molecule is C[SiH](C)[Zr]([C]1=C([Si](C)(C)C)C=C(C(C)(C)C)C1)[C]1=C([Si](C)(C)C)C=C(C(C)(C)C)C1.Cl.Cl. The minimum atomic E-state index is -1.84. The second-order valence-corrected chi connectivity index (χ2v) is 43.4. The first kappa shape index (κ1) is 33.1. The first-order valence-corrected chi connectivity index (χ1v) is 28.6. The molecule has 32 heavy (non-hydrogen) atoms. The summed E-state index contributed by atoms with van der Waals surface area (Å²) >= 11 is -1.84. The molecule has 6 heteroatoms. The summed E-state index contributed by atoms with van der Waals surface area (Å²) in [5, 5.41) is 3.74. The number of hydrogen-bond acceptors (Lipinski definition) is 0. The van der Waals surface area contributed by atoms with Crippen molar-refractivity contribution >= 4 is 46.9 Å². The molecule has 0 N–H and O–H groups in total. The van der Waals surface area contributed by atoms with Gasteiger partial charge < -0.3 is 0 Å². The molecule has 2 aliphatic carbocycles. The number of hydrogen-bond donors (Lipinski definition) is 0. The molecule has 0 radical (unpaired) electrons. The van der Waals surface area contributed by atoms with Crippen molar-refractivity contribution in [1.29, 1.82) is 0 Å². The topological polar surface area (TPSA) is 0 Å². The Morgan fingerprint density at radius 2 is 0.938 bits per heavy atom. The third-order valence-corrected chi connectivity index (χ3v) is 31.3. The van der Waals surface area contributed by atoms with Crippen LogP contribution >= 0.6 is 24.8 Å². The molecule has 2 aliphatic rings. The van der Waals surface area contributed by atoms with Crippen LogP contribution in [-0.2, 0) is 20.9 Å². The Morgan fingerprint density at radius 3 is 1.12 bits per heavy atom. The fourth-order valence-corrected chi connectivity index (χ4v) is 36.2. The van der Waals surface area contributed by atoms with Crippen LogP contribution in [0.4, 0.5) is 0 Å². The molecule has 0 heterocycles. The zero-order valence-electron chi connectivity index (χ0n) is 23.5. The van der Waals surface area contributed by atoms with Gasteiger partial charge in [-0.1, -0.05) is 0 Å². The van der Waals surface area contributed by atoms with Gasteiger partial charge in [-0.05, 0) is 0 Å². The van der Waals surface area contributed by atoms with E-state index in [-0.39, 0.29) is 24.8 Å². The zero-order valence-corrected chi connectivity index (χ0v) is 30.7. The molecule has 0 saturated heterocycles. The van der Waals surface area contributed by atoms with Crippen LogP contribution in [-0.4, -0.2) is 22.1 Å². The molecule has 0 unspecified atom stereocenters. The van der Waals surface area contributed by atoms with Gasteiger partial charge in [0.2, 0.25) is 0 Å². The molecule has 0 aromatic heterocycles. The van der Waals surface area contributed by atoms with Gasteiger partial charge in [0.15, 0.2) is 0 Å². The van der Waals surface area contributed by atoms with Crippen molar-refractivity contribution in [2.45, 2.75) is 107 Å².